The predicted molar refractivity (Wildman–Crippen MR) is 58.2 cm³/mol. The van der Waals surface area contributed by atoms with Crippen LogP contribution in [0.1, 0.15) is 5.56 Å². The molecule has 0 spiro atoms. The average molecular weight is 220 g/mol. The first kappa shape index (κ1) is 10.6. The van der Waals surface area contributed by atoms with Gasteiger partial charge >= 0.3 is 0 Å². The van der Waals surface area contributed by atoms with Crippen LogP contribution in [0.15, 0.2) is 36.4 Å². The van der Waals surface area contributed by atoms with E-state index in [4.69, 9.17) is 0 Å². The molecule has 0 saturated carbocycles. The van der Waals surface area contributed by atoms with E-state index in [1.54, 1.807) is 19.1 Å². The van der Waals surface area contributed by atoms with Crippen molar-refractivity contribution < 1.29 is 13.9 Å². The molecular weight excluding hydrogens is 210 g/mol. The molecule has 0 aromatic heterocycles. The molecule has 0 saturated heterocycles. The number of hydrogen-bond donors (Lipinski definition) is 1. The lowest BCUT2D eigenvalue weighted by molar-refractivity contribution is 0.475. The molecule has 1 N–H and O–H groups in total. The van der Waals surface area contributed by atoms with E-state index in [1.165, 1.54) is 6.07 Å². The van der Waals surface area contributed by atoms with Crippen molar-refractivity contribution in [2.45, 2.75) is 6.92 Å². The van der Waals surface area contributed by atoms with Crippen LogP contribution < -0.4 is 0 Å². The smallest absolute Gasteiger partial charge is 0.131 e. The van der Waals surface area contributed by atoms with E-state index in [1.807, 2.05) is 0 Å². The lowest BCUT2D eigenvalue weighted by Gasteiger charge is -2.06. The molecule has 82 valence electrons. The largest absolute Gasteiger partial charge is 0.508 e. The highest BCUT2D eigenvalue weighted by Crippen LogP contribution is 2.27. The lowest BCUT2D eigenvalue weighted by Crippen LogP contribution is -1.87. The van der Waals surface area contributed by atoms with Crippen molar-refractivity contribution in [2.24, 2.45) is 0 Å². The van der Waals surface area contributed by atoms with Crippen molar-refractivity contribution >= 4 is 0 Å². The van der Waals surface area contributed by atoms with E-state index < -0.39 is 11.6 Å². The number of rotatable bonds is 1. The monoisotopic (exact) mass is 220 g/mol. The Bertz CT molecular complexity index is 515. The van der Waals surface area contributed by atoms with Crippen LogP contribution in [-0.2, 0) is 0 Å². The second-order valence-electron chi connectivity index (χ2n) is 3.68. The standard InChI is InChI=1S/C13H10F2O/c1-8-4-9(6-11(16)5-8)12-7-10(14)2-3-13(12)15/h2-7,16H,1H3. The summed E-state index contributed by atoms with van der Waals surface area (Å²) >= 11 is 0. The SMILES string of the molecule is Cc1cc(O)cc(-c2cc(F)ccc2F)c1. The molecule has 0 amide bonds. The number of phenols is 1. The van der Waals surface area contributed by atoms with Crippen LogP contribution in [-0.4, -0.2) is 5.11 Å². The van der Waals surface area contributed by atoms with Gasteiger partial charge in [0.15, 0.2) is 0 Å². The predicted octanol–water partition coefficient (Wildman–Crippen LogP) is 3.65. The molecule has 1 nitrogen and oxygen atoms in total. The fourth-order valence-electron chi connectivity index (χ4n) is 1.64. The van der Waals surface area contributed by atoms with Gasteiger partial charge < -0.3 is 5.11 Å². The van der Waals surface area contributed by atoms with Crippen LogP contribution in [0, 0.1) is 18.6 Å². The first-order chi connectivity index (χ1) is 7.56. The maximum atomic E-state index is 13.5. The van der Waals surface area contributed by atoms with E-state index in [-0.39, 0.29) is 11.3 Å². The molecule has 0 fully saturated rings. The van der Waals surface area contributed by atoms with Gasteiger partial charge in [0.1, 0.15) is 17.4 Å². The summed E-state index contributed by atoms with van der Waals surface area (Å²) in [5.41, 5.74) is 1.41. The Morgan fingerprint density at radius 3 is 2.44 bits per heavy atom. The third kappa shape index (κ3) is 2.03. The van der Waals surface area contributed by atoms with Crippen molar-refractivity contribution in [1.82, 2.24) is 0 Å². The van der Waals surface area contributed by atoms with E-state index >= 15 is 0 Å². The Kier molecular flexibility index (Phi) is 2.60. The summed E-state index contributed by atoms with van der Waals surface area (Å²) in [6.45, 7) is 1.78. The molecule has 0 bridgehead atoms. The Hall–Kier alpha value is -1.90. The van der Waals surface area contributed by atoms with Gasteiger partial charge in [-0.2, -0.15) is 0 Å². The zero-order valence-corrected chi connectivity index (χ0v) is 8.67. The van der Waals surface area contributed by atoms with Crippen molar-refractivity contribution in [3.8, 4) is 16.9 Å². The molecule has 0 aliphatic rings. The Morgan fingerprint density at radius 1 is 1.00 bits per heavy atom. The van der Waals surface area contributed by atoms with Gasteiger partial charge in [0.05, 0.1) is 0 Å². The lowest BCUT2D eigenvalue weighted by atomic mass is 10.0. The minimum absolute atomic E-state index is 0.0404. The Labute approximate surface area is 92.0 Å². The fraction of sp³-hybridized carbons (Fsp3) is 0.0769. The minimum atomic E-state index is -0.508. The van der Waals surface area contributed by atoms with Crippen LogP contribution >= 0.6 is 0 Å². The normalized spacial score (nSPS) is 10.4. The number of phenolic OH excluding ortho intramolecular Hbond substituents is 1. The van der Waals surface area contributed by atoms with Crippen LogP contribution in [0.5, 0.6) is 5.75 Å². The van der Waals surface area contributed by atoms with Crippen LogP contribution in [0.25, 0.3) is 11.1 Å². The third-order valence-electron chi connectivity index (χ3n) is 2.30. The molecular formula is C13H10F2O. The van der Waals surface area contributed by atoms with Crippen molar-refractivity contribution in [3.05, 3.63) is 53.6 Å². The number of benzene rings is 2. The van der Waals surface area contributed by atoms with Gasteiger partial charge in [-0.15, -0.1) is 0 Å². The molecule has 0 aliphatic carbocycles. The summed E-state index contributed by atoms with van der Waals surface area (Å²) < 4.78 is 26.5. The van der Waals surface area contributed by atoms with Crippen molar-refractivity contribution in [1.29, 1.82) is 0 Å². The maximum Gasteiger partial charge on any atom is 0.131 e. The van der Waals surface area contributed by atoms with Gasteiger partial charge in [-0.1, -0.05) is 6.07 Å². The van der Waals surface area contributed by atoms with Crippen LogP contribution in [0.2, 0.25) is 0 Å². The number of aryl methyl sites for hydroxylation is 1. The fourth-order valence-corrected chi connectivity index (χ4v) is 1.64. The van der Waals surface area contributed by atoms with Crippen molar-refractivity contribution in [3.63, 3.8) is 0 Å². The van der Waals surface area contributed by atoms with Gasteiger partial charge in [-0.25, -0.2) is 8.78 Å². The number of hydrogen-bond acceptors (Lipinski definition) is 1. The van der Waals surface area contributed by atoms with Crippen LogP contribution in [0.4, 0.5) is 8.78 Å². The highest BCUT2D eigenvalue weighted by Gasteiger charge is 2.07. The van der Waals surface area contributed by atoms with E-state index in [2.05, 4.69) is 0 Å². The molecule has 0 heterocycles. The van der Waals surface area contributed by atoms with Gasteiger partial charge in [0.2, 0.25) is 0 Å². The highest BCUT2D eigenvalue weighted by molar-refractivity contribution is 5.66. The molecule has 0 aliphatic heterocycles. The quantitative estimate of drug-likeness (QED) is 0.777. The summed E-state index contributed by atoms with van der Waals surface area (Å²) in [5.74, 6) is -0.970. The maximum absolute atomic E-state index is 13.5. The highest BCUT2D eigenvalue weighted by atomic mass is 19.1. The van der Waals surface area contributed by atoms with Gasteiger partial charge in [0, 0.05) is 5.56 Å². The van der Waals surface area contributed by atoms with Gasteiger partial charge in [0.25, 0.3) is 0 Å². The molecule has 0 radical (unpaired) electrons. The van der Waals surface area contributed by atoms with Crippen molar-refractivity contribution in [2.75, 3.05) is 0 Å². The summed E-state index contributed by atoms with van der Waals surface area (Å²) in [7, 11) is 0. The molecule has 0 atom stereocenters. The topological polar surface area (TPSA) is 20.2 Å². The summed E-state index contributed by atoms with van der Waals surface area (Å²) in [6.07, 6.45) is 0. The van der Waals surface area contributed by atoms with E-state index in [9.17, 15) is 13.9 Å². The zero-order chi connectivity index (χ0) is 11.7. The molecule has 16 heavy (non-hydrogen) atoms. The van der Waals surface area contributed by atoms with E-state index in [0.717, 1.165) is 23.8 Å². The summed E-state index contributed by atoms with van der Waals surface area (Å²) in [5, 5.41) is 9.40. The molecule has 2 aromatic carbocycles. The molecule has 2 aromatic rings. The third-order valence-corrected chi connectivity index (χ3v) is 2.30. The Balaban J connectivity index is 2.62. The summed E-state index contributed by atoms with van der Waals surface area (Å²) in [4.78, 5) is 0. The zero-order valence-electron chi connectivity index (χ0n) is 8.67. The summed E-state index contributed by atoms with van der Waals surface area (Å²) in [6, 6.07) is 7.91. The van der Waals surface area contributed by atoms with E-state index in [0.29, 0.717) is 5.56 Å². The average Bonchev–Trinajstić information content (AvgIpc) is 2.20. The number of halogens is 2. The van der Waals surface area contributed by atoms with Gasteiger partial charge in [-0.3, -0.25) is 0 Å². The molecule has 0 unspecified atom stereocenters. The molecule has 2 rings (SSSR count). The van der Waals surface area contributed by atoms with Gasteiger partial charge in [-0.05, 0) is 48.4 Å². The minimum Gasteiger partial charge on any atom is -0.508 e. The second-order valence-corrected chi connectivity index (χ2v) is 3.68. The first-order valence-electron chi connectivity index (χ1n) is 4.82. The van der Waals surface area contributed by atoms with Crippen LogP contribution in [0.3, 0.4) is 0 Å². The second kappa shape index (κ2) is 3.93. The number of aromatic hydroxyl groups is 1. The molecule has 3 heteroatoms. The Morgan fingerprint density at radius 2 is 1.75 bits per heavy atom. The first-order valence-corrected chi connectivity index (χ1v) is 4.82.